The van der Waals surface area contributed by atoms with Crippen molar-refractivity contribution in [3.8, 4) is 0 Å². The maximum atomic E-state index is 9.39. The molecule has 0 fully saturated rings. The summed E-state index contributed by atoms with van der Waals surface area (Å²) in [6, 6.07) is 10.4. The molecule has 1 N–H and O–H groups in total. The molecule has 0 saturated carbocycles. The Morgan fingerprint density at radius 3 is 2.67 bits per heavy atom. The average molecular weight is 202 g/mol. The van der Waals surface area contributed by atoms with E-state index in [0.717, 1.165) is 12.8 Å². The number of allylic oxidation sites excluding steroid dienone is 1. The van der Waals surface area contributed by atoms with Crippen LogP contribution in [0.3, 0.4) is 0 Å². The lowest BCUT2D eigenvalue weighted by atomic mass is 10.1. The van der Waals surface area contributed by atoms with Gasteiger partial charge in [-0.2, -0.15) is 0 Å². The number of hydrogen-bond donors (Lipinski definition) is 1. The minimum atomic E-state index is -0.377. The second kappa shape index (κ2) is 7.02. The van der Waals surface area contributed by atoms with Gasteiger partial charge in [0.1, 0.15) is 0 Å². The first-order chi connectivity index (χ1) is 7.33. The fraction of sp³-hybridized carbons (Fsp3) is 0.286. The Morgan fingerprint density at radius 2 is 2.00 bits per heavy atom. The van der Waals surface area contributed by atoms with Gasteiger partial charge >= 0.3 is 0 Å². The first-order valence-corrected chi connectivity index (χ1v) is 5.32. The molecule has 0 heterocycles. The summed E-state index contributed by atoms with van der Waals surface area (Å²) in [7, 11) is 0. The third-order valence-electron chi connectivity index (χ3n) is 2.21. The Labute approximate surface area is 91.8 Å². The molecule has 0 bridgehead atoms. The van der Waals surface area contributed by atoms with Crippen LogP contribution in [0.15, 0.2) is 55.1 Å². The van der Waals surface area contributed by atoms with Gasteiger partial charge < -0.3 is 5.11 Å². The van der Waals surface area contributed by atoms with Crippen LogP contribution in [0.25, 0.3) is 0 Å². The van der Waals surface area contributed by atoms with Gasteiger partial charge in [-0.15, -0.1) is 6.58 Å². The fourth-order valence-corrected chi connectivity index (χ4v) is 1.40. The topological polar surface area (TPSA) is 20.2 Å². The molecule has 1 aromatic rings. The predicted molar refractivity (Wildman–Crippen MR) is 64.7 cm³/mol. The van der Waals surface area contributed by atoms with Crippen molar-refractivity contribution >= 4 is 0 Å². The second-order valence-electron chi connectivity index (χ2n) is 3.54. The van der Waals surface area contributed by atoms with E-state index in [-0.39, 0.29) is 6.10 Å². The molecule has 1 aromatic carbocycles. The molecule has 0 aliphatic rings. The zero-order valence-corrected chi connectivity index (χ0v) is 8.97. The summed E-state index contributed by atoms with van der Waals surface area (Å²) in [4.78, 5) is 0. The van der Waals surface area contributed by atoms with Gasteiger partial charge in [0.25, 0.3) is 0 Å². The third-order valence-corrected chi connectivity index (χ3v) is 2.21. The molecule has 0 unspecified atom stereocenters. The van der Waals surface area contributed by atoms with Crippen LogP contribution in [-0.2, 0) is 6.42 Å². The summed E-state index contributed by atoms with van der Waals surface area (Å²) in [6.07, 6.45) is 7.84. The molecule has 0 spiro atoms. The van der Waals surface area contributed by atoms with E-state index in [1.54, 1.807) is 6.08 Å². The van der Waals surface area contributed by atoms with Crippen LogP contribution in [0, 0.1) is 0 Å². The predicted octanol–water partition coefficient (Wildman–Crippen LogP) is 3.11. The molecular weight excluding hydrogens is 184 g/mol. The highest BCUT2D eigenvalue weighted by Crippen LogP contribution is 2.03. The van der Waals surface area contributed by atoms with Crippen molar-refractivity contribution in [3.05, 3.63) is 60.7 Å². The Morgan fingerprint density at radius 1 is 1.27 bits per heavy atom. The van der Waals surface area contributed by atoms with Gasteiger partial charge in [-0.3, -0.25) is 0 Å². The van der Waals surface area contributed by atoms with Crippen LogP contribution in [0.5, 0.6) is 0 Å². The van der Waals surface area contributed by atoms with E-state index in [4.69, 9.17) is 0 Å². The van der Waals surface area contributed by atoms with E-state index in [9.17, 15) is 5.11 Å². The Balaban J connectivity index is 2.24. The number of aliphatic hydroxyl groups excluding tert-OH is 1. The minimum Gasteiger partial charge on any atom is -0.389 e. The summed E-state index contributed by atoms with van der Waals surface area (Å²) < 4.78 is 0. The van der Waals surface area contributed by atoms with Crippen molar-refractivity contribution in [2.45, 2.75) is 25.4 Å². The molecule has 0 amide bonds. The zero-order valence-electron chi connectivity index (χ0n) is 8.97. The van der Waals surface area contributed by atoms with E-state index < -0.39 is 0 Å². The second-order valence-corrected chi connectivity index (χ2v) is 3.54. The van der Waals surface area contributed by atoms with Gasteiger partial charge in [-0.25, -0.2) is 0 Å². The number of aliphatic hydroxyl groups is 1. The molecule has 0 saturated heterocycles. The van der Waals surface area contributed by atoms with Crippen LogP contribution in [0.4, 0.5) is 0 Å². The largest absolute Gasteiger partial charge is 0.389 e. The summed E-state index contributed by atoms with van der Waals surface area (Å²) >= 11 is 0. The quantitative estimate of drug-likeness (QED) is 0.703. The molecule has 80 valence electrons. The Bertz CT molecular complexity index is 300. The van der Waals surface area contributed by atoms with Crippen molar-refractivity contribution in [1.29, 1.82) is 0 Å². The van der Waals surface area contributed by atoms with E-state index in [0.29, 0.717) is 6.42 Å². The molecule has 0 radical (unpaired) electrons. The molecule has 1 heteroatoms. The molecule has 0 aliphatic carbocycles. The first-order valence-electron chi connectivity index (χ1n) is 5.32. The summed E-state index contributed by atoms with van der Waals surface area (Å²) in [5, 5.41) is 9.39. The summed E-state index contributed by atoms with van der Waals surface area (Å²) in [5.74, 6) is 0. The van der Waals surface area contributed by atoms with E-state index in [1.165, 1.54) is 5.56 Å². The van der Waals surface area contributed by atoms with E-state index >= 15 is 0 Å². The van der Waals surface area contributed by atoms with Gasteiger partial charge in [-0.05, 0) is 24.8 Å². The first kappa shape index (κ1) is 11.7. The smallest absolute Gasteiger partial charge is 0.0755 e. The number of rotatable bonds is 6. The number of benzene rings is 1. The lowest BCUT2D eigenvalue weighted by molar-refractivity contribution is 0.226. The highest BCUT2D eigenvalue weighted by Gasteiger charge is 1.93. The van der Waals surface area contributed by atoms with Crippen LogP contribution in [0.2, 0.25) is 0 Å². The molecule has 0 aromatic heterocycles. The molecule has 15 heavy (non-hydrogen) atoms. The van der Waals surface area contributed by atoms with Gasteiger partial charge in [0.05, 0.1) is 6.10 Å². The van der Waals surface area contributed by atoms with Gasteiger partial charge in [0.15, 0.2) is 0 Å². The van der Waals surface area contributed by atoms with Crippen molar-refractivity contribution in [2.24, 2.45) is 0 Å². The van der Waals surface area contributed by atoms with Crippen molar-refractivity contribution in [2.75, 3.05) is 0 Å². The van der Waals surface area contributed by atoms with E-state index in [2.05, 4.69) is 18.7 Å². The summed E-state index contributed by atoms with van der Waals surface area (Å²) in [5.41, 5.74) is 1.33. The Kier molecular flexibility index (Phi) is 5.49. The molecule has 1 atom stereocenters. The molecular formula is C14H18O. The zero-order chi connectivity index (χ0) is 10.9. The number of aryl methyl sites for hydroxylation is 1. The normalized spacial score (nSPS) is 12.9. The van der Waals surface area contributed by atoms with Crippen LogP contribution in [-0.4, -0.2) is 11.2 Å². The average Bonchev–Trinajstić information content (AvgIpc) is 2.26. The maximum absolute atomic E-state index is 9.39. The highest BCUT2D eigenvalue weighted by atomic mass is 16.3. The van der Waals surface area contributed by atoms with Crippen LogP contribution < -0.4 is 0 Å². The van der Waals surface area contributed by atoms with Crippen molar-refractivity contribution in [3.63, 3.8) is 0 Å². The van der Waals surface area contributed by atoms with Crippen LogP contribution >= 0.6 is 0 Å². The maximum Gasteiger partial charge on any atom is 0.0755 e. The SMILES string of the molecule is C=CC[C@H](O)/C=C/CCc1ccccc1. The Hall–Kier alpha value is -1.34. The molecule has 1 nitrogen and oxygen atoms in total. The lowest BCUT2D eigenvalue weighted by Gasteiger charge is -2.00. The van der Waals surface area contributed by atoms with Gasteiger partial charge in [-0.1, -0.05) is 48.6 Å². The number of hydrogen-bond acceptors (Lipinski definition) is 1. The third kappa shape index (κ3) is 5.18. The summed E-state index contributed by atoms with van der Waals surface area (Å²) in [6.45, 7) is 3.58. The van der Waals surface area contributed by atoms with Gasteiger partial charge in [0.2, 0.25) is 0 Å². The molecule has 1 rings (SSSR count). The van der Waals surface area contributed by atoms with Crippen LogP contribution in [0.1, 0.15) is 18.4 Å². The fourth-order valence-electron chi connectivity index (χ4n) is 1.40. The van der Waals surface area contributed by atoms with Gasteiger partial charge in [0, 0.05) is 0 Å². The lowest BCUT2D eigenvalue weighted by Crippen LogP contribution is -1.98. The van der Waals surface area contributed by atoms with E-state index in [1.807, 2.05) is 30.4 Å². The monoisotopic (exact) mass is 202 g/mol. The highest BCUT2D eigenvalue weighted by molar-refractivity contribution is 5.15. The standard InChI is InChI=1S/C14H18O/c1-2-8-14(15)12-7-6-11-13-9-4-3-5-10-13/h2-5,7,9-10,12,14-15H,1,6,8,11H2/b12-7+/t14-/m0/s1. The molecule has 0 aliphatic heterocycles. The van der Waals surface area contributed by atoms with Crippen molar-refractivity contribution < 1.29 is 5.11 Å². The van der Waals surface area contributed by atoms with Crippen molar-refractivity contribution in [1.82, 2.24) is 0 Å². The minimum absolute atomic E-state index is 0.377.